The molecule has 0 bridgehead atoms. The SMILES string of the molecule is CCC(c1nc2cc(F)ccc2n1C(C)C(=O)O)N(C)C. The maximum Gasteiger partial charge on any atom is 0.326 e. The van der Waals surface area contributed by atoms with E-state index >= 15 is 0 Å². The highest BCUT2D eigenvalue weighted by Crippen LogP contribution is 2.29. The van der Waals surface area contributed by atoms with Crippen LogP contribution in [0.1, 0.15) is 38.2 Å². The van der Waals surface area contributed by atoms with E-state index in [-0.39, 0.29) is 11.9 Å². The van der Waals surface area contributed by atoms with Gasteiger partial charge in [0, 0.05) is 6.07 Å². The van der Waals surface area contributed by atoms with Gasteiger partial charge in [0.1, 0.15) is 17.7 Å². The molecule has 0 aliphatic heterocycles. The van der Waals surface area contributed by atoms with E-state index in [4.69, 9.17) is 0 Å². The second kappa shape index (κ2) is 5.81. The number of aliphatic carboxylic acids is 1. The van der Waals surface area contributed by atoms with Gasteiger partial charge in [0.15, 0.2) is 0 Å². The fourth-order valence-electron chi connectivity index (χ4n) is 2.62. The van der Waals surface area contributed by atoms with E-state index in [0.29, 0.717) is 16.9 Å². The summed E-state index contributed by atoms with van der Waals surface area (Å²) in [5.74, 6) is -0.661. The Morgan fingerprint density at radius 3 is 2.67 bits per heavy atom. The average Bonchev–Trinajstić information content (AvgIpc) is 2.75. The monoisotopic (exact) mass is 293 g/mol. The van der Waals surface area contributed by atoms with Crippen molar-refractivity contribution < 1.29 is 14.3 Å². The van der Waals surface area contributed by atoms with Gasteiger partial charge in [0.2, 0.25) is 0 Å². The van der Waals surface area contributed by atoms with Gasteiger partial charge < -0.3 is 9.67 Å². The number of carboxylic acids is 1. The maximum atomic E-state index is 13.4. The summed E-state index contributed by atoms with van der Waals surface area (Å²) in [4.78, 5) is 17.9. The first-order valence-electron chi connectivity index (χ1n) is 6.93. The first-order chi connectivity index (χ1) is 9.86. The van der Waals surface area contributed by atoms with Gasteiger partial charge in [-0.05, 0) is 39.6 Å². The Hall–Kier alpha value is -1.95. The first-order valence-corrected chi connectivity index (χ1v) is 6.93. The Morgan fingerprint density at radius 1 is 1.48 bits per heavy atom. The summed E-state index contributed by atoms with van der Waals surface area (Å²) < 4.78 is 15.1. The lowest BCUT2D eigenvalue weighted by atomic mass is 10.2. The third-order valence-electron chi connectivity index (χ3n) is 3.73. The standard InChI is InChI=1S/C15H20FN3O2/c1-5-12(18(3)4)14-17-11-8-10(16)6-7-13(11)19(14)9(2)15(20)21/h6-9,12H,5H2,1-4H3,(H,20,21). The lowest BCUT2D eigenvalue weighted by Gasteiger charge is -2.24. The number of benzene rings is 1. The summed E-state index contributed by atoms with van der Waals surface area (Å²) in [5.41, 5.74) is 1.12. The molecule has 1 N–H and O–H groups in total. The predicted octanol–water partition coefficient (Wildman–Crippen LogP) is 2.83. The van der Waals surface area contributed by atoms with Crippen LogP contribution in [0, 0.1) is 5.82 Å². The number of hydrogen-bond donors (Lipinski definition) is 1. The van der Waals surface area contributed by atoms with E-state index in [9.17, 15) is 14.3 Å². The van der Waals surface area contributed by atoms with Crippen molar-refractivity contribution in [1.29, 1.82) is 0 Å². The molecule has 5 nitrogen and oxygen atoms in total. The van der Waals surface area contributed by atoms with Gasteiger partial charge in [-0.1, -0.05) is 6.92 Å². The van der Waals surface area contributed by atoms with Crippen molar-refractivity contribution in [2.45, 2.75) is 32.4 Å². The van der Waals surface area contributed by atoms with Gasteiger partial charge in [-0.15, -0.1) is 0 Å². The molecule has 0 spiro atoms. The van der Waals surface area contributed by atoms with Crippen LogP contribution in [-0.4, -0.2) is 39.6 Å². The van der Waals surface area contributed by atoms with E-state index in [0.717, 1.165) is 6.42 Å². The number of carboxylic acid groups (broad SMARTS) is 1. The lowest BCUT2D eigenvalue weighted by molar-refractivity contribution is -0.140. The molecule has 1 aromatic heterocycles. The van der Waals surface area contributed by atoms with Gasteiger partial charge in [-0.3, -0.25) is 4.90 Å². The molecule has 2 unspecified atom stereocenters. The van der Waals surface area contributed by atoms with E-state index < -0.39 is 12.0 Å². The van der Waals surface area contributed by atoms with Crippen LogP contribution in [0.25, 0.3) is 11.0 Å². The van der Waals surface area contributed by atoms with E-state index in [1.54, 1.807) is 17.6 Å². The van der Waals surface area contributed by atoms with Crippen molar-refractivity contribution in [3.05, 3.63) is 29.8 Å². The molecule has 0 radical (unpaired) electrons. The van der Waals surface area contributed by atoms with Crippen molar-refractivity contribution in [2.75, 3.05) is 14.1 Å². The van der Waals surface area contributed by atoms with Crippen molar-refractivity contribution in [1.82, 2.24) is 14.5 Å². The van der Waals surface area contributed by atoms with E-state index in [1.807, 2.05) is 25.9 Å². The van der Waals surface area contributed by atoms with Crippen LogP contribution in [0.5, 0.6) is 0 Å². The fraction of sp³-hybridized carbons (Fsp3) is 0.467. The van der Waals surface area contributed by atoms with Gasteiger partial charge in [0.05, 0.1) is 17.1 Å². The quantitative estimate of drug-likeness (QED) is 0.921. The Labute approximate surface area is 123 Å². The van der Waals surface area contributed by atoms with Crippen LogP contribution in [0.3, 0.4) is 0 Å². The zero-order valence-electron chi connectivity index (χ0n) is 12.7. The Kier molecular flexibility index (Phi) is 4.27. The Bertz CT molecular complexity index is 666. The fourth-order valence-corrected chi connectivity index (χ4v) is 2.62. The molecule has 0 aliphatic carbocycles. The van der Waals surface area contributed by atoms with Gasteiger partial charge >= 0.3 is 5.97 Å². The summed E-state index contributed by atoms with van der Waals surface area (Å²) in [5, 5.41) is 9.35. The zero-order valence-corrected chi connectivity index (χ0v) is 12.7. The van der Waals surface area contributed by atoms with Crippen molar-refractivity contribution in [2.24, 2.45) is 0 Å². The van der Waals surface area contributed by atoms with Crippen molar-refractivity contribution >= 4 is 17.0 Å². The molecule has 0 aliphatic rings. The van der Waals surface area contributed by atoms with Crippen molar-refractivity contribution in [3.63, 3.8) is 0 Å². The molecule has 114 valence electrons. The van der Waals surface area contributed by atoms with Crippen LogP contribution in [0.4, 0.5) is 4.39 Å². The van der Waals surface area contributed by atoms with Gasteiger partial charge in [0.25, 0.3) is 0 Å². The van der Waals surface area contributed by atoms with Crippen LogP contribution in [-0.2, 0) is 4.79 Å². The highest BCUT2D eigenvalue weighted by atomic mass is 19.1. The molecule has 21 heavy (non-hydrogen) atoms. The molecule has 1 heterocycles. The zero-order chi connectivity index (χ0) is 15.7. The molecule has 2 atom stereocenters. The van der Waals surface area contributed by atoms with Crippen molar-refractivity contribution in [3.8, 4) is 0 Å². The topological polar surface area (TPSA) is 58.4 Å². The number of carbonyl (C=O) groups is 1. The molecule has 6 heteroatoms. The van der Waals surface area contributed by atoms with Crippen LogP contribution < -0.4 is 0 Å². The number of hydrogen-bond acceptors (Lipinski definition) is 3. The first kappa shape index (κ1) is 15.4. The molecule has 2 aromatic rings. The normalized spacial score (nSPS) is 14.6. The molecule has 2 rings (SSSR count). The number of imidazole rings is 1. The molecular formula is C15H20FN3O2. The number of fused-ring (bicyclic) bond motifs is 1. The highest BCUT2D eigenvalue weighted by molar-refractivity contribution is 5.80. The maximum absolute atomic E-state index is 13.4. The largest absolute Gasteiger partial charge is 0.480 e. The van der Waals surface area contributed by atoms with Crippen LogP contribution >= 0.6 is 0 Å². The molecule has 0 fully saturated rings. The summed E-state index contributed by atoms with van der Waals surface area (Å²) >= 11 is 0. The molecule has 1 aromatic carbocycles. The molecule has 0 saturated heterocycles. The van der Waals surface area contributed by atoms with E-state index in [2.05, 4.69) is 4.98 Å². The predicted molar refractivity (Wildman–Crippen MR) is 78.8 cm³/mol. The second-order valence-corrected chi connectivity index (χ2v) is 5.37. The minimum Gasteiger partial charge on any atom is -0.480 e. The van der Waals surface area contributed by atoms with Gasteiger partial charge in [-0.25, -0.2) is 14.2 Å². The number of halogens is 1. The molecule has 0 amide bonds. The molecular weight excluding hydrogens is 273 g/mol. The van der Waals surface area contributed by atoms with Gasteiger partial charge in [-0.2, -0.15) is 0 Å². The summed E-state index contributed by atoms with van der Waals surface area (Å²) in [6, 6.07) is 3.47. The minimum atomic E-state index is -0.937. The highest BCUT2D eigenvalue weighted by Gasteiger charge is 2.26. The smallest absolute Gasteiger partial charge is 0.326 e. The number of aromatic nitrogens is 2. The lowest BCUT2D eigenvalue weighted by Crippen LogP contribution is -2.26. The van der Waals surface area contributed by atoms with Crippen LogP contribution in [0.2, 0.25) is 0 Å². The number of rotatable bonds is 5. The minimum absolute atomic E-state index is 0.0257. The Morgan fingerprint density at radius 2 is 2.14 bits per heavy atom. The summed E-state index contributed by atoms with van der Waals surface area (Å²) in [6.07, 6.45) is 0.783. The summed E-state index contributed by atoms with van der Waals surface area (Å²) in [7, 11) is 3.84. The average molecular weight is 293 g/mol. The van der Waals surface area contributed by atoms with E-state index in [1.165, 1.54) is 12.1 Å². The summed E-state index contributed by atoms with van der Waals surface area (Å²) in [6.45, 7) is 3.62. The van der Waals surface area contributed by atoms with Crippen LogP contribution in [0.15, 0.2) is 18.2 Å². The third kappa shape index (κ3) is 2.76. The third-order valence-corrected chi connectivity index (χ3v) is 3.73. The molecule has 0 saturated carbocycles. The Balaban J connectivity index is 2.73. The number of nitrogens with zero attached hydrogens (tertiary/aromatic N) is 3. The second-order valence-electron chi connectivity index (χ2n) is 5.37.